The second kappa shape index (κ2) is 5.44. The number of Topliss-reactive ketones (excluding diaryl/α,β-unsaturated/α-hetero) is 1. The SMILES string of the molecule is O=C(Cc1ccc(F)cc1)Cn1cc(C(F)(F)F)cn1. The molecular weight excluding hydrogens is 276 g/mol. The number of ketones is 1. The Balaban J connectivity index is 1.98. The molecule has 2 aromatic rings. The molecule has 0 N–H and O–H groups in total. The minimum absolute atomic E-state index is 0.0154. The summed E-state index contributed by atoms with van der Waals surface area (Å²) in [5.74, 6) is -0.725. The van der Waals surface area contributed by atoms with Gasteiger partial charge in [0.1, 0.15) is 5.82 Å². The highest BCUT2D eigenvalue weighted by atomic mass is 19.4. The van der Waals surface area contributed by atoms with Crippen LogP contribution in [0, 0.1) is 5.82 Å². The lowest BCUT2D eigenvalue weighted by Gasteiger charge is -2.03. The normalized spacial score (nSPS) is 11.6. The Kier molecular flexibility index (Phi) is 3.87. The first-order valence-electron chi connectivity index (χ1n) is 5.70. The molecule has 0 fully saturated rings. The molecule has 0 radical (unpaired) electrons. The van der Waals surface area contributed by atoms with Gasteiger partial charge >= 0.3 is 6.18 Å². The van der Waals surface area contributed by atoms with Crippen molar-refractivity contribution in [2.45, 2.75) is 19.1 Å². The molecule has 2 rings (SSSR count). The summed E-state index contributed by atoms with van der Waals surface area (Å²) in [4.78, 5) is 11.7. The van der Waals surface area contributed by atoms with Gasteiger partial charge in [0.25, 0.3) is 0 Å². The summed E-state index contributed by atoms with van der Waals surface area (Å²) in [7, 11) is 0. The summed E-state index contributed by atoms with van der Waals surface area (Å²) < 4.78 is 50.7. The molecule has 0 amide bonds. The quantitative estimate of drug-likeness (QED) is 0.810. The van der Waals surface area contributed by atoms with Crippen LogP contribution in [-0.4, -0.2) is 15.6 Å². The van der Waals surface area contributed by atoms with Gasteiger partial charge in [-0.05, 0) is 17.7 Å². The lowest BCUT2D eigenvalue weighted by molar-refractivity contribution is -0.137. The number of hydrogen-bond acceptors (Lipinski definition) is 2. The van der Waals surface area contributed by atoms with Crippen molar-refractivity contribution >= 4 is 5.78 Å². The number of hydrogen-bond donors (Lipinski definition) is 0. The van der Waals surface area contributed by atoms with Gasteiger partial charge in [0.05, 0.1) is 18.3 Å². The number of carbonyl (C=O) groups is 1. The van der Waals surface area contributed by atoms with Gasteiger partial charge < -0.3 is 0 Å². The molecule has 1 aromatic heterocycles. The molecule has 0 saturated heterocycles. The van der Waals surface area contributed by atoms with Crippen LogP contribution in [0.2, 0.25) is 0 Å². The topological polar surface area (TPSA) is 34.9 Å². The predicted molar refractivity (Wildman–Crippen MR) is 62.3 cm³/mol. The Morgan fingerprint density at radius 2 is 1.85 bits per heavy atom. The maximum absolute atomic E-state index is 12.7. The van der Waals surface area contributed by atoms with Gasteiger partial charge in [0.15, 0.2) is 5.78 Å². The second-order valence-electron chi connectivity index (χ2n) is 4.27. The molecule has 0 unspecified atom stereocenters. The summed E-state index contributed by atoms with van der Waals surface area (Å²) >= 11 is 0. The van der Waals surface area contributed by atoms with Crippen LogP contribution in [0.15, 0.2) is 36.7 Å². The van der Waals surface area contributed by atoms with Crippen molar-refractivity contribution in [3.8, 4) is 0 Å². The van der Waals surface area contributed by atoms with E-state index in [2.05, 4.69) is 5.10 Å². The fraction of sp³-hybridized carbons (Fsp3) is 0.231. The third-order valence-corrected chi connectivity index (χ3v) is 2.61. The van der Waals surface area contributed by atoms with Gasteiger partial charge in [-0.25, -0.2) is 4.39 Å². The number of benzene rings is 1. The van der Waals surface area contributed by atoms with E-state index in [9.17, 15) is 22.4 Å². The van der Waals surface area contributed by atoms with Crippen LogP contribution in [0.5, 0.6) is 0 Å². The zero-order valence-corrected chi connectivity index (χ0v) is 10.2. The van der Waals surface area contributed by atoms with Crippen molar-refractivity contribution in [1.82, 2.24) is 9.78 Å². The Bertz CT molecular complexity index is 602. The number of nitrogens with zero attached hydrogens (tertiary/aromatic N) is 2. The van der Waals surface area contributed by atoms with E-state index in [1.54, 1.807) is 0 Å². The highest BCUT2D eigenvalue weighted by molar-refractivity contribution is 5.80. The Morgan fingerprint density at radius 3 is 2.40 bits per heavy atom. The standard InChI is InChI=1S/C13H10F4N2O/c14-11-3-1-9(2-4-11)5-12(20)8-19-7-10(6-18-19)13(15,16)17/h1-4,6-7H,5,8H2. The van der Waals surface area contributed by atoms with Crippen LogP contribution in [0.4, 0.5) is 17.6 Å². The third kappa shape index (κ3) is 3.66. The summed E-state index contributed by atoms with van der Waals surface area (Å²) in [6.07, 6.45) is -3.01. The molecule has 1 aromatic carbocycles. The molecule has 1 heterocycles. The zero-order valence-electron chi connectivity index (χ0n) is 10.2. The maximum atomic E-state index is 12.7. The van der Waals surface area contributed by atoms with Crippen LogP contribution < -0.4 is 0 Å². The number of alkyl halides is 3. The van der Waals surface area contributed by atoms with E-state index in [4.69, 9.17) is 0 Å². The highest BCUT2D eigenvalue weighted by Crippen LogP contribution is 2.28. The van der Waals surface area contributed by atoms with Crippen molar-refractivity contribution < 1.29 is 22.4 Å². The third-order valence-electron chi connectivity index (χ3n) is 2.61. The Morgan fingerprint density at radius 1 is 1.20 bits per heavy atom. The number of carbonyl (C=O) groups excluding carboxylic acids is 1. The Hall–Kier alpha value is -2.18. The van der Waals surface area contributed by atoms with E-state index >= 15 is 0 Å². The summed E-state index contributed by atoms with van der Waals surface area (Å²) in [6, 6.07) is 5.35. The number of aromatic nitrogens is 2. The van der Waals surface area contributed by atoms with Gasteiger partial charge in [-0.2, -0.15) is 18.3 Å². The van der Waals surface area contributed by atoms with Gasteiger partial charge in [-0.3, -0.25) is 9.48 Å². The van der Waals surface area contributed by atoms with Gasteiger partial charge in [0.2, 0.25) is 0 Å². The average Bonchev–Trinajstić information content (AvgIpc) is 2.80. The van der Waals surface area contributed by atoms with Crippen LogP contribution in [0.25, 0.3) is 0 Å². The Labute approximate surface area is 111 Å². The van der Waals surface area contributed by atoms with Crippen molar-refractivity contribution in [2.24, 2.45) is 0 Å². The van der Waals surface area contributed by atoms with E-state index in [1.807, 2.05) is 0 Å². The molecule has 0 spiro atoms. The van der Waals surface area contributed by atoms with Crippen LogP contribution in [0.3, 0.4) is 0 Å². The van der Waals surface area contributed by atoms with E-state index in [1.165, 1.54) is 24.3 Å². The molecule has 0 bridgehead atoms. The molecule has 0 saturated carbocycles. The molecule has 0 aliphatic heterocycles. The van der Waals surface area contributed by atoms with Gasteiger partial charge in [0, 0.05) is 12.6 Å². The molecule has 20 heavy (non-hydrogen) atoms. The van der Waals surface area contributed by atoms with Crippen molar-refractivity contribution in [3.63, 3.8) is 0 Å². The molecule has 106 valence electrons. The smallest absolute Gasteiger partial charge is 0.297 e. The van der Waals surface area contributed by atoms with E-state index < -0.39 is 17.6 Å². The summed E-state index contributed by atoms with van der Waals surface area (Å²) in [5.41, 5.74) is -0.299. The van der Waals surface area contributed by atoms with Gasteiger partial charge in [-0.15, -0.1) is 0 Å². The number of rotatable bonds is 4. The van der Waals surface area contributed by atoms with E-state index in [-0.39, 0.29) is 18.7 Å². The van der Waals surface area contributed by atoms with Crippen LogP contribution >= 0.6 is 0 Å². The summed E-state index contributed by atoms with van der Waals surface area (Å²) in [5, 5.41) is 3.49. The average molecular weight is 286 g/mol. The van der Waals surface area contributed by atoms with Crippen molar-refractivity contribution in [2.75, 3.05) is 0 Å². The fourth-order valence-corrected chi connectivity index (χ4v) is 1.66. The minimum atomic E-state index is -4.47. The predicted octanol–water partition coefficient (Wildman–Crippen LogP) is 2.85. The summed E-state index contributed by atoms with van der Waals surface area (Å²) in [6.45, 7) is -0.256. The maximum Gasteiger partial charge on any atom is 0.419 e. The molecule has 7 heteroatoms. The molecule has 0 aliphatic rings. The minimum Gasteiger partial charge on any atom is -0.297 e. The molecule has 0 atom stereocenters. The number of halogens is 4. The highest BCUT2D eigenvalue weighted by Gasteiger charge is 2.32. The van der Waals surface area contributed by atoms with Crippen LogP contribution in [0.1, 0.15) is 11.1 Å². The second-order valence-corrected chi connectivity index (χ2v) is 4.27. The van der Waals surface area contributed by atoms with E-state index in [0.717, 1.165) is 10.9 Å². The largest absolute Gasteiger partial charge is 0.419 e. The zero-order chi connectivity index (χ0) is 14.8. The van der Waals surface area contributed by atoms with Crippen LogP contribution in [-0.2, 0) is 23.9 Å². The van der Waals surface area contributed by atoms with Gasteiger partial charge in [-0.1, -0.05) is 12.1 Å². The lowest BCUT2D eigenvalue weighted by Crippen LogP contribution is -2.13. The molecular formula is C13H10F4N2O. The first kappa shape index (κ1) is 14.2. The lowest BCUT2D eigenvalue weighted by atomic mass is 10.1. The molecule has 0 aliphatic carbocycles. The first-order chi connectivity index (χ1) is 9.34. The fourth-order valence-electron chi connectivity index (χ4n) is 1.66. The molecule has 3 nitrogen and oxygen atoms in total. The van der Waals surface area contributed by atoms with Crippen molar-refractivity contribution in [3.05, 3.63) is 53.6 Å². The van der Waals surface area contributed by atoms with Crippen molar-refractivity contribution in [1.29, 1.82) is 0 Å². The van der Waals surface area contributed by atoms with E-state index in [0.29, 0.717) is 11.8 Å². The monoisotopic (exact) mass is 286 g/mol. The first-order valence-corrected chi connectivity index (χ1v) is 5.70.